The van der Waals surface area contributed by atoms with Gasteiger partial charge in [-0.1, -0.05) is 6.92 Å². The highest BCUT2D eigenvalue weighted by Gasteiger charge is 2.14. The van der Waals surface area contributed by atoms with Crippen LogP contribution in [0, 0.1) is 23.0 Å². The first kappa shape index (κ1) is 15.6. The Hall–Kier alpha value is -2.49. The van der Waals surface area contributed by atoms with Crippen LogP contribution in [0.2, 0.25) is 0 Å². The highest BCUT2D eigenvalue weighted by atomic mass is 19.1. The molecule has 7 heteroatoms. The molecule has 0 saturated heterocycles. The zero-order valence-corrected chi connectivity index (χ0v) is 10.7. The lowest BCUT2D eigenvalue weighted by molar-refractivity contribution is -0.120. The fourth-order valence-corrected chi connectivity index (χ4v) is 1.40. The summed E-state index contributed by atoms with van der Waals surface area (Å²) in [5.41, 5.74) is -0.355. The first-order valence-corrected chi connectivity index (χ1v) is 5.90. The van der Waals surface area contributed by atoms with Crippen molar-refractivity contribution in [2.24, 2.45) is 0 Å². The van der Waals surface area contributed by atoms with Crippen molar-refractivity contribution in [1.82, 2.24) is 10.6 Å². The number of nitrogens with zero attached hydrogens (tertiary/aromatic N) is 1. The fourth-order valence-electron chi connectivity index (χ4n) is 1.40. The Morgan fingerprint density at radius 3 is 2.65 bits per heavy atom. The van der Waals surface area contributed by atoms with Gasteiger partial charge in [-0.05, 0) is 18.6 Å². The van der Waals surface area contributed by atoms with Gasteiger partial charge in [-0.2, -0.15) is 5.26 Å². The second-order valence-electron chi connectivity index (χ2n) is 3.96. The van der Waals surface area contributed by atoms with Crippen molar-refractivity contribution in [1.29, 1.82) is 5.26 Å². The topological polar surface area (TPSA) is 82.0 Å². The number of halogens is 2. The summed E-state index contributed by atoms with van der Waals surface area (Å²) in [6.07, 6.45) is 0.433. The summed E-state index contributed by atoms with van der Waals surface area (Å²) < 4.78 is 26.0. The molecule has 20 heavy (non-hydrogen) atoms. The van der Waals surface area contributed by atoms with Gasteiger partial charge in [-0.3, -0.25) is 9.59 Å². The van der Waals surface area contributed by atoms with Crippen molar-refractivity contribution in [2.45, 2.75) is 19.4 Å². The van der Waals surface area contributed by atoms with Crippen LogP contribution in [0.1, 0.15) is 23.7 Å². The molecule has 1 aromatic rings. The van der Waals surface area contributed by atoms with Crippen LogP contribution < -0.4 is 10.6 Å². The van der Waals surface area contributed by atoms with Crippen molar-refractivity contribution in [3.05, 3.63) is 35.4 Å². The molecule has 0 aromatic heterocycles. The predicted octanol–water partition coefficient (Wildman–Crippen LogP) is 1.11. The van der Waals surface area contributed by atoms with Crippen molar-refractivity contribution < 1.29 is 18.4 Å². The van der Waals surface area contributed by atoms with Gasteiger partial charge in [0.05, 0.1) is 18.2 Å². The standard InChI is InChI=1S/C13H13F2N3O2/c1-2-9(6-16)18-12(19)7-17-13(20)10-4-3-8(14)5-11(10)15/h3-5,9H,2,7H2,1H3,(H,17,20)(H,18,19)/t9-/m0/s1. The van der Waals surface area contributed by atoms with Gasteiger partial charge in [-0.15, -0.1) is 0 Å². The number of rotatable bonds is 5. The Morgan fingerprint density at radius 1 is 1.40 bits per heavy atom. The average Bonchev–Trinajstić information content (AvgIpc) is 2.42. The van der Waals surface area contributed by atoms with Gasteiger partial charge in [0.25, 0.3) is 5.91 Å². The van der Waals surface area contributed by atoms with E-state index in [0.29, 0.717) is 12.5 Å². The minimum absolute atomic E-state index is 0.355. The molecule has 0 fully saturated rings. The molecule has 0 saturated carbocycles. The number of nitrogens with one attached hydrogen (secondary N) is 2. The zero-order chi connectivity index (χ0) is 15.1. The molecule has 0 aliphatic heterocycles. The number of amides is 2. The van der Waals surface area contributed by atoms with Gasteiger partial charge >= 0.3 is 0 Å². The lowest BCUT2D eigenvalue weighted by atomic mass is 10.2. The molecule has 106 valence electrons. The smallest absolute Gasteiger partial charge is 0.254 e. The van der Waals surface area contributed by atoms with E-state index in [1.807, 2.05) is 6.07 Å². The number of benzene rings is 1. The molecule has 1 atom stereocenters. The number of carbonyl (C=O) groups excluding carboxylic acids is 2. The van der Waals surface area contributed by atoms with Crippen LogP contribution in [0.5, 0.6) is 0 Å². The Labute approximate surface area is 114 Å². The van der Waals surface area contributed by atoms with Crippen LogP contribution in [0.25, 0.3) is 0 Å². The van der Waals surface area contributed by atoms with E-state index in [0.717, 1.165) is 12.1 Å². The number of nitriles is 1. The summed E-state index contributed by atoms with van der Waals surface area (Å²) in [6.45, 7) is 1.33. The lowest BCUT2D eigenvalue weighted by Gasteiger charge is -2.10. The number of hydrogen-bond donors (Lipinski definition) is 2. The van der Waals surface area contributed by atoms with Gasteiger partial charge in [0.15, 0.2) is 0 Å². The summed E-state index contributed by atoms with van der Waals surface area (Å²) in [6, 6.07) is 3.75. The molecular weight excluding hydrogens is 268 g/mol. The second kappa shape index (κ2) is 7.19. The van der Waals surface area contributed by atoms with Gasteiger partial charge in [-0.25, -0.2) is 8.78 Å². The maximum Gasteiger partial charge on any atom is 0.254 e. The third kappa shape index (κ3) is 4.31. The minimum Gasteiger partial charge on any atom is -0.343 e. The van der Waals surface area contributed by atoms with E-state index in [1.54, 1.807) is 6.92 Å². The molecule has 0 bridgehead atoms. The monoisotopic (exact) mass is 281 g/mol. The zero-order valence-electron chi connectivity index (χ0n) is 10.7. The van der Waals surface area contributed by atoms with Gasteiger partial charge in [0.1, 0.15) is 17.7 Å². The summed E-state index contributed by atoms with van der Waals surface area (Å²) in [5, 5.41) is 13.2. The first-order chi connectivity index (χ1) is 9.47. The maximum absolute atomic E-state index is 13.3. The van der Waals surface area contributed by atoms with Crippen molar-refractivity contribution >= 4 is 11.8 Å². The van der Waals surface area contributed by atoms with Crippen LogP contribution in [0.15, 0.2) is 18.2 Å². The molecular formula is C13H13F2N3O2. The summed E-state index contributed by atoms with van der Waals surface area (Å²) >= 11 is 0. The number of hydrogen-bond acceptors (Lipinski definition) is 3. The molecule has 2 amide bonds. The largest absolute Gasteiger partial charge is 0.343 e. The molecule has 0 spiro atoms. The quantitative estimate of drug-likeness (QED) is 0.848. The van der Waals surface area contributed by atoms with Crippen LogP contribution >= 0.6 is 0 Å². The van der Waals surface area contributed by atoms with Crippen LogP contribution in [0.3, 0.4) is 0 Å². The minimum atomic E-state index is -1.01. The van der Waals surface area contributed by atoms with Crippen molar-refractivity contribution in [2.75, 3.05) is 6.54 Å². The second-order valence-corrected chi connectivity index (χ2v) is 3.96. The molecule has 0 unspecified atom stereocenters. The number of carbonyl (C=O) groups is 2. The third-order valence-corrected chi connectivity index (χ3v) is 2.48. The van der Waals surface area contributed by atoms with E-state index in [2.05, 4.69) is 10.6 Å². The van der Waals surface area contributed by atoms with Gasteiger partial charge < -0.3 is 10.6 Å². The van der Waals surface area contributed by atoms with E-state index in [-0.39, 0.29) is 5.56 Å². The van der Waals surface area contributed by atoms with Crippen molar-refractivity contribution in [3.63, 3.8) is 0 Å². The van der Waals surface area contributed by atoms with Crippen LogP contribution in [0.4, 0.5) is 8.78 Å². The SMILES string of the molecule is CC[C@@H](C#N)NC(=O)CNC(=O)c1ccc(F)cc1F. The molecule has 5 nitrogen and oxygen atoms in total. The first-order valence-electron chi connectivity index (χ1n) is 5.90. The average molecular weight is 281 g/mol. The Bertz CT molecular complexity index is 555. The van der Waals surface area contributed by atoms with Crippen LogP contribution in [-0.2, 0) is 4.79 Å². The Morgan fingerprint density at radius 2 is 2.10 bits per heavy atom. The van der Waals surface area contributed by atoms with Gasteiger partial charge in [0.2, 0.25) is 5.91 Å². The van der Waals surface area contributed by atoms with E-state index in [4.69, 9.17) is 5.26 Å². The molecule has 0 aliphatic rings. The summed E-state index contributed by atoms with van der Waals surface area (Å²) in [5.74, 6) is -3.19. The molecule has 1 rings (SSSR count). The maximum atomic E-state index is 13.3. The highest BCUT2D eigenvalue weighted by molar-refractivity contribution is 5.96. The van der Waals surface area contributed by atoms with E-state index in [9.17, 15) is 18.4 Å². The molecule has 1 aromatic carbocycles. The molecule has 0 heterocycles. The third-order valence-electron chi connectivity index (χ3n) is 2.48. The fraction of sp³-hybridized carbons (Fsp3) is 0.308. The van der Waals surface area contributed by atoms with Crippen molar-refractivity contribution in [3.8, 4) is 6.07 Å². The predicted molar refractivity (Wildman–Crippen MR) is 66.5 cm³/mol. The lowest BCUT2D eigenvalue weighted by Crippen LogP contribution is -2.41. The Kier molecular flexibility index (Phi) is 5.59. The molecule has 0 aliphatic carbocycles. The van der Waals surface area contributed by atoms with E-state index in [1.165, 1.54) is 0 Å². The molecule has 0 radical (unpaired) electrons. The summed E-state index contributed by atoms with van der Waals surface area (Å²) in [4.78, 5) is 23.0. The molecule has 2 N–H and O–H groups in total. The van der Waals surface area contributed by atoms with E-state index < -0.39 is 36.0 Å². The Balaban J connectivity index is 2.55. The van der Waals surface area contributed by atoms with Gasteiger partial charge in [0, 0.05) is 6.07 Å². The summed E-state index contributed by atoms with van der Waals surface area (Å²) in [7, 11) is 0. The highest BCUT2D eigenvalue weighted by Crippen LogP contribution is 2.08. The normalized spacial score (nSPS) is 11.3. The van der Waals surface area contributed by atoms with Crippen LogP contribution in [-0.4, -0.2) is 24.4 Å². The van der Waals surface area contributed by atoms with E-state index >= 15 is 0 Å².